The third-order valence-electron chi connectivity index (χ3n) is 5.21. The molecule has 2 aliphatic heterocycles. The Morgan fingerprint density at radius 1 is 1.23 bits per heavy atom. The van der Waals surface area contributed by atoms with Gasteiger partial charge in [0.15, 0.2) is 0 Å². The fourth-order valence-electron chi connectivity index (χ4n) is 3.57. The number of urea groups is 1. The molecule has 31 heavy (non-hydrogen) atoms. The third-order valence-corrected chi connectivity index (χ3v) is 5.38. The van der Waals surface area contributed by atoms with Gasteiger partial charge in [0.05, 0.1) is 49.3 Å². The number of rotatable bonds is 3. The van der Waals surface area contributed by atoms with Crippen molar-refractivity contribution in [3.63, 3.8) is 0 Å². The topological polar surface area (TPSA) is 83.5 Å². The molecule has 1 saturated heterocycles. The predicted octanol–water partition coefficient (Wildman–Crippen LogP) is 3.48. The molecule has 0 aliphatic carbocycles. The van der Waals surface area contributed by atoms with E-state index in [1.54, 1.807) is 16.7 Å². The minimum atomic E-state index is -4.46. The Hall–Kier alpha value is -2.66. The highest BCUT2D eigenvalue weighted by Crippen LogP contribution is 2.33. The zero-order valence-corrected chi connectivity index (χ0v) is 17.4. The average molecular weight is 457 g/mol. The normalized spacial score (nSPS) is 17.5. The minimum absolute atomic E-state index is 0.00822. The van der Waals surface area contributed by atoms with E-state index in [1.807, 2.05) is 0 Å². The molecule has 0 spiro atoms. The van der Waals surface area contributed by atoms with Crippen LogP contribution in [-0.2, 0) is 24.0 Å². The summed E-state index contributed by atoms with van der Waals surface area (Å²) in [6, 6.07) is 1.21. The van der Waals surface area contributed by atoms with E-state index in [9.17, 15) is 18.0 Å². The van der Waals surface area contributed by atoms with Gasteiger partial charge in [-0.3, -0.25) is 4.98 Å². The van der Waals surface area contributed by atoms with Gasteiger partial charge in [0, 0.05) is 24.8 Å². The molecule has 1 fully saturated rings. The van der Waals surface area contributed by atoms with Crippen LogP contribution in [0, 0.1) is 0 Å². The number of morpholine rings is 1. The van der Waals surface area contributed by atoms with Crippen LogP contribution in [0.5, 0.6) is 0 Å². The Morgan fingerprint density at radius 3 is 2.68 bits per heavy atom. The number of alkyl halides is 3. The number of nitrogens with zero attached hydrogens (tertiary/aromatic N) is 5. The molecule has 4 rings (SSSR count). The van der Waals surface area contributed by atoms with Crippen LogP contribution in [-0.4, -0.2) is 57.1 Å². The molecule has 0 radical (unpaired) electrons. The summed E-state index contributed by atoms with van der Waals surface area (Å²) in [6.07, 6.45) is -3.34. The molecule has 0 bridgehead atoms. The quantitative estimate of drug-likeness (QED) is 0.712. The Balaban J connectivity index is 1.53. The van der Waals surface area contributed by atoms with Crippen LogP contribution in [0.25, 0.3) is 0 Å². The minimum Gasteiger partial charge on any atom is -0.378 e. The number of halogens is 4. The molecule has 0 aromatic carbocycles. The molecule has 4 heterocycles. The fourth-order valence-corrected chi connectivity index (χ4v) is 3.76. The van der Waals surface area contributed by atoms with Gasteiger partial charge < -0.3 is 19.9 Å². The summed E-state index contributed by atoms with van der Waals surface area (Å²) in [7, 11) is 0. The first-order chi connectivity index (χ1) is 14.7. The van der Waals surface area contributed by atoms with E-state index < -0.39 is 17.8 Å². The van der Waals surface area contributed by atoms with Gasteiger partial charge in [-0.1, -0.05) is 0 Å². The van der Waals surface area contributed by atoms with Gasteiger partial charge >= 0.3 is 12.2 Å². The summed E-state index contributed by atoms with van der Waals surface area (Å²) in [5.41, 5.74) is 0.718. The number of anilines is 1. The van der Waals surface area contributed by atoms with Gasteiger partial charge in [-0.25, -0.2) is 14.8 Å². The first kappa shape index (κ1) is 21.6. The molecular weight excluding hydrogens is 437 g/mol. The fraction of sp³-hybridized carbons (Fsp3) is 0.474. The number of ether oxygens (including phenoxy) is 1. The largest absolute Gasteiger partial charge is 0.416 e. The van der Waals surface area contributed by atoms with Crippen molar-refractivity contribution in [2.45, 2.75) is 32.2 Å². The Kier molecular flexibility index (Phi) is 5.89. The smallest absolute Gasteiger partial charge is 0.378 e. The highest BCUT2D eigenvalue weighted by atomic mass is 35.5. The number of nitrogens with one attached hydrogen (secondary N) is 1. The Bertz CT molecular complexity index is 984. The lowest BCUT2D eigenvalue weighted by atomic mass is 10.1. The predicted molar refractivity (Wildman–Crippen MR) is 105 cm³/mol. The number of amides is 2. The molecule has 1 unspecified atom stereocenters. The first-order valence-electron chi connectivity index (χ1n) is 9.69. The summed E-state index contributed by atoms with van der Waals surface area (Å²) in [5.74, 6) is 0.374. The molecule has 0 saturated carbocycles. The van der Waals surface area contributed by atoms with Gasteiger partial charge in [-0.15, -0.1) is 0 Å². The van der Waals surface area contributed by atoms with Crippen LogP contribution < -0.4 is 5.32 Å². The number of aromatic nitrogens is 3. The van der Waals surface area contributed by atoms with E-state index in [1.165, 1.54) is 0 Å². The van der Waals surface area contributed by atoms with E-state index in [2.05, 4.69) is 20.3 Å². The summed E-state index contributed by atoms with van der Waals surface area (Å²) in [6.45, 7) is 4.24. The van der Waals surface area contributed by atoms with Crippen molar-refractivity contribution in [2.24, 2.45) is 0 Å². The van der Waals surface area contributed by atoms with Crippen LogP contribution in [0.1, 0.15) is 35.5 Å². The van der Waals surface area contributed by atoms with Crippen molar-refractivity contribution in [1.29, 1.82) is 0 Å². The molecule has 2 aromatic rings. The van der Waals surface area contributed by atoms with E-state index >= 15 is 0 Å². The summed E-state index contributed by atoms with van der Waals surface area (Å²) in [4.78, 5) is 28.7. The van der Waals surface area contributed by atoms with Crippen molar-refractivity contribution >= 4 is 23.4 Å². The van der Waals surface area contributed by atoms with Gasteiger partial charge in [0.1, 0.15) is 5.82 Å². The van der Waals surface area contributed by atoms with Crippen molar-refractivity contribution < 1.29 is 22.7 Å². The van der Waals surface area contributed by atoms with Crippen molar-refractivity contribution in [3.8, 4) is 0 Å². The summed E-state index contributed by atoms with van der Waals surface area (Å²) in [5, 5.41) is 3.07. The number of hydrogen-bond donors (Lipinski definition) is 1. The standard InChI is InChI=1S/C19H20ClF3N6O2/c1-11(14-8-12(2-3-24-14)19(21,22)23)25-16-13-9-29(10-15(13)26-17(20)27-16)18(30)28-4-6-31-7-5-28/h2-3,8,11H,4-7,9-10H2,1H3,(H,25,26,27). The zero-order valence-electron chi connectivity index (χ0n) is 16.6. The van der Waals surface area contributed by atoms with Crippen molar-refractivity contribution in [2.75, 3.05) is 31.6 Å². The number of hydrogen-bond acceptors (Lipinski definition) is 6. The van der Waals surface area contributed by atoms with E-state index in [0.29, 0.717) is 43.4 Å². The van der Waals surface area contributed by atoms with Gasteiger partial charge in [-0.2, -0.15) is 13.2 Å². The van der Waals surface area contributed by atoms with Crippen LogP contribution in [0.4, 0.5) is 23.8 Å². The third kappa shape index (κ3) is 4.67. The lowest BCUT2D eigenvalue weighted by Gasteiger charge is -2.30. The maximum Gasteiger partial charge on any atom is 0.416 e. The van der Waals surface area contributed by atoms with Crippen LogP contribution in [0.2, 0.25) is 5.28 Å². The van der Waals surface area contributed by atoms with E-state index in [4.69, 9.17) is 16.3 Å². The molecule has 1 atom stereocenters. The monoisotopic (exact) mass is 456 g/mol. The lowest BCUT2D eigenvalue weighted by Crippen LogP contribution is -2.46. The average Bonchev–Trinajstić information content (AvgIpc) is 3.17. The van der Waals surface area contributed by atoms with Crippen molar-refractivity contribution in [1.82, 2.24) is 24.8 Å². The number of carbonyl (C=O) groups is 1. The van der Waals surface area contributed by atoms with E-state index in [-0.39, 0.29) is 30.1 Å². The van der Waals surface area contributed by atoms with E-state index in [0.717, 1.165) is 18.3 Å². The molecule has 166 valence electrons. The maximum atomic E-state index is 13.0. The molecule has 2 aromatic heterocycles. The SMILES string of the molecule is CC(Nc1nc(Cl)nc2c1CN(C(=O)N1CCOCC1)C2)c1cc(C(F)(F)F)ccn1. The second-order valence-corrected chi connectivity index (χ2v) is 7.68. The van der Waals surface area contributed by atoms with Crippen LogP contribution in [0.15, 0.2) is 18.3 Å². The zero-order chi connectivity index (χ0) is 22.2. The summed E-state index contributed by atoms with van der Waals surface area (Å²) >= 11 is 6.06. The Morgan fingerprint density at radius 2 is 1.97 bits per heavy atom. The maximum absolute atomic E-state index is 13.0. The number of carbonyl (C=O) groups excluding carboxylic acids is 1. The molecule has 2 aliphatic rings. The molecule has 8 nitrogen and oxygen atoms in total. The highest BCUT2D eigenvalue weighted by Gasteiger charge is 2.33. The summed E-state index contributed by atoms with van der Waals surface area (Å²) < 4.78 is 44.4. The highest BCUT2D eigenvalue weighted by molar-refractivity contribution is 6.28. The van der Waals surface area contributed by atoms with Crippen LogP contribution >= 0.6 is 11.6 Å². The Labute approximate surface area is 181 Å². The van der Waals surface area contributed by atoms with Gasteiger partial charge in [0.25, 0.3) is 0 Å². The molecule has 12 heteroatoms. The molecule has 1 N–H and O–H groups in total. The lowest BCUT2D eigenvalue weighted by molar-refractivity contribution is -0.137. The van der Waals surface area contributed by atoms with Crippen LogP contribution in [0.3, 0.4) is 0 Å². The number of pyridine rings is 1. The second-order valence-electron chi connectivity index (χ2n) is 7.34. The number of fused-ring (bicyclic) bond motifs is 1. The van der Waals surface area contributed by atoms with Crippen molar-refractivity contribution in [3.05, 3.63) is 46.1 Å². The molecule has 2 amide bonds. The second kappa shape index (κ2) is 8.46. The van der Waals surface area contributed by atoms with Gasteiger partial charge in [-0.05, 0) is 30.7 Å². The van der Waals surface area contributed by atoms with Gasteiger partial charge in [0.2, 0.25) is 5.28 Å². The first-order valence-corrected chi connectivity index (χ1v) is 10.1. The molecular formula is C19H20ClF3N6O2.